The summed E-state index contributed by atoms with van der Waals surface area (Å²) in [6.07, 6.45) is 7.12. The molecule has 0 saturated carbocycles. The lowest BCUT2D eigenvalue weighted by Gasteiger charge is -2.32. The quantitative estimate of drug-likeness (QED) is 0.740. The molecule has 5 nitrogen and oxygen atoms in total. The molecule has 124 valence electrons. The predicted molar refractivity (Wildman–Crippen MR) is 96.1 cm³/mol. The number of benzene rings is 1. The third kappa shape index (κ3) is 2.86. The van der Waals surface area contributed by atoms with Gasteiger partial charge in [0.25, 0.3) is 0 Å². The van der Waals surface area contributed by atoms with Gasteiger partial charge in [-0.3, -0.25) is 0 Å². The highest BCUT2D eigenvalue weighted by Crippen LogP contribution is 2.28. The minimum absolute atomic E-state index is 0.758. The summed E-state index contributed by atoms with van der Waals surface area (Å²) in [5, 5.41) is 0. The van der Waals surface area contributed by atoms with Gasteiger partial charge < -0.3 is 9.47 Å². The Morgan fingerprint density at radius 1 is 1.04 bits per heavy atom. The average Bonchev–Trinajstić information content (AvgIpc) is 3.06. The lowest BCUT2D eigenvalue weighted by atomic mass is 9.90. The van der Waals surface area contributed by atoms with Crippen LogP contribution in [0, 0.1) is 5.92 Å². The van der Waals surface area contributed by atoms with Crippen molar-refractivity contribution in [2.45, 2.75) is 32.7 Å². The molecule has 4 rings (SSSR count). The number of aromatic nitrogens is 4. The largest absolute Gasteiger partial charge is 0.355 e. The van der Waals surface area contributed by atoms with Crippen molar-refractivity contribution in [2.24, 2.45) is 5.92 Å². The molecule has 0 spiro atoms. The van der Waals surface area contributed by atoms with Gasteiger partial charge in [0, 0.05) is 19.6 Å². The SMILES string of the molecule is CCn1cnc2c(N3CCC(Cc4ccccc4)CC3)ncnc21. The minimum Gasteiger partial charge on any atom is -0.355 e. The van der Waals surface area contributed by atoms with E-state index in [-0.39, 0.29) is 0 Å². The standard InChI is InChI=1S/C19H23N5/c1-2-23-14-22-17-18(23)20-13-21-19(17)24-10-8-16(9-11-24)12-15-6-4-3-5-7-15/h3-7,13-14,16H,2,8-12H2,1H3. The van der Waals surface area contributed by atoms with Crippen molar-refractivity contribution in [1.82, 2.24) is 19.5 Å². The van der Waals surface area contributed by atoms with Gasteiger partial charge in [-0.2, -0.15) is 0 Å². The molecule has 24 heavy (non-hydrogen) atoms. The van der Waals surface area contributed by atoms with Crippen LogP contribution in [0.15, 0.2) is 43.0 Å². The molecule has 2 aromatic heterocycles. The Morgan fingerprint density at radius 2 is 1.83 bits per heavy atom. The van der Waals surface area contributed by atoms with E-state index in [4.69, 9.17) is 0 Å². The van der Waals surface area contributed by atoms with Crippen LogP contribution in [-0.2, 0) is 13.0 Å². The molecule has 5 heteroatoms. The van der Waals surface area contributed by atoms with E-state index in [0.717, 1.165) is 42.5 Å². The van der Waals surface area contributed by atoms with Crippen molar-refractivity contribution >= 4 is 17.0 Å². The molecule has 0 aliphatic carbocycles. The molecule has 3 heterocycles. The summed E-state index contributed by atoms with van der Waals surface area (Å²) in [7, 11) is 0. The summed E-state index contributed by atoms with van der Waals surface area (Å²) in [5.41, 5.74) is 3.32. The normalized spacial score (nSPS) is 16.0. The molecule has 0 unspecified atom stereocenters. The van der Waals surface area contributed by atoms with Crippen molar-refractivity contribution < 1.29 is 0 Å². The summed E-state index contributed by atoms with van der Waals surface area (Å²) in [4.78, 5) is 15.8. The van der Waals surface area contributed by atoms with Crippen LogP contribution in [0.3, 0.4) is 0 Å². The lowest BCUT2D eigenvalue weighted by molar-refractivity contribution is 0.402. The highest BCUT2D eigenvalue weighted by Gasteiger charge is 2.23. The van der Waals surface area contributed by atoms with Gasteiger partial charge in [0.1, 0.15) is 6.33 Å². The molecule has 1 fully saturated rings. The van der Waals surface area contributed by atoms with Crippen molar-refractivity contribution in [1.29, 1.82) is 0 Å². The number of nitrogens with zero attached hydrogens (tertiary/aromatic N) is 5. The second-order valence-electron chi connectivity index (χ2n) is 6.52. The Morgan fingerprint density at radius 3 is 2.58 bits per heavy atom. The predicted octanol–water partition coefficient (Wildman–Crippen LogP) is 3.31. The molecule has 1 aromatic carbocycles. The van der Waals surface area contributed by atoms with Crippen LogP contribution in [0.1, 0.15) is 25.3 Å². The first-order valence-electron chi connectivity index (χ1n) is 8.80. The monoisotopic (exact) mass is 321 g/mol. The molecular formula is C19H23N5. The van der Waals surface area contributed by atoms with Gasteiger partial charge in [-0.05, 0) is 37.7 Å². The number of anilines is 1. The third-order valence-electron chi connectivity index (χ3n) is 5.00. The van der Waals surface area contributed by atoms with Crippen LogP contribution >= 0.6 is 0 Å². The summed E-state index contributed by atoms with van der Waals surface area (Å²) >= 11 is 0. The first-order chi connectivity index (χ1) is 11.8. The summed E-state index contributed by atoms with van der Waals surface area (Å²) < 4.78 is 2.07. The second kappa shape index (κ2) is 6.59. The minimum atomic E-state index is 0.758. The molecular weight excluding hydrogens is 298 g/mol. The van der Waals surface area contributed by atoms with Gasteiger partial charge in [0.05, 0.1) is 6.33 Å². The van der Waals surface area contributed by atoms with E-state index < -0.39 is 0 Å². The van der Waals surface area contributed by atoms with E-state index in [9.17, 15) is 0 Å². The Labute approximate surface area is 142 Å². The zero-order valence-corrected chi connectivity index (χ0v) is 14.1. The molecule has 0 N–H and O–H groups in total. The average molecular weight is 321 g/mol. The Balaban J connectivity index is 1.47. The Hall–Kier alpha value is -2.43. The van der Waals surface area contributed by atoms with Gasteiger partial charge in [0.2, 0.25) is 0 Å². The molecule has 0 bridgehead atoms. The van der Waals surface area contributed by atoms with Crippen molar-refractivity contribution in [3.05, 3.63) is 48.5 Å². The summed E-state index contributed by atoms with van der Waals surface area (Å²) in [5.74, 6) is 1.75. The van der Waals surface area contributed by atoms with Crippen molar-refractivity contribution in [2.75, 3.05) is 18.0 Å². The van der Waals surface area contributed by atoms with E-state index in [0.29, 0.717) is 0 Å². The fourth-order valence-electron chi connectivity index (χ4n) is 3.63. The zero-order valence-electron chi connectivity index (χ0n) is 14.1. The number of fused-ring (bicyclic) bond motifs is 1. The first kappa shape index (κ1) is 15.1. The summed E-state index contributed by atoms with van der Waals surface area (Å²) in [6, 6.07) is 10.8. The zero-order chi connectivity index (χ0) is 16.4. The van der Waals surface area contributed by atoms with E-state index in [1.165, 1.54) is 24.8 Å². The van der Waals surface area contributed by atoms with Crippen molar-refractivity contribution in [3.63, 3.8) is 0 Å². The molecule has 0 atom stereocenters. The maximum atomic E-state index is 4.55. The topological polar surface area (TPSA) is 46.8 Å². The van der Waals surface area contributed by atoms with Gasteiger partial charge in [-0.15, -0.1) is 0 Å². The van der Waals surface area contributed by atoms with Crippen LogP contribution in [-0.4, -0.2) is 32.6 Å². The lowest BCUT2D eigenvalue weighted by Crippen LogP contribution is -2.35. The molecule has 0 radical (unpaired) electrons. The Bertz CT molecular complexity index is 803. The first-order valence-corrected chi connectivity index (χ1v) is 8.80. The second-order valence-corrected chi connectivity index (χ2v) is 6.52. The van der Waals surface area contributed by atoms with E-state index >= 15 is 0 Å². The van der Waals surface area contributed by atoms with Crippen LogP contribution in [0.25, 0.3) is 11.2 Å². The van der Waals surface area contributed by atoms with Crippen LogP contribution in [0.2, 0.25) is 0 Å². The number of hydrogen-bond acceptors (Lipinski definition) is 4. The Kier molecular flexibility index (Phi) is 4.15. The molecule has 1 aliphatic heterocycles. The van der Waals surface area contributed by atoms with Crippen molar-refractivity contribution in [3.8, 4) is 0 Å². The smallest absolute Gasteiger partial charge is 0.165 e. The van der Waals surface area contributed by atoms with E-state index in [1.54, 1.807) is 6.33 Å². The molecule has 0 amide bonds. The number of hydrogen-bond donors (Lipinski definition) is 0. The fraction of sp³-hybridized carbons (Fsp3) is 0.421. The van der Waals surface area contributed by atoms with E-state index in [1.807, 2.05) is 6.33 Å². The molecule has 1 aliphatic rings. The maximum Gasteiger partial charge on any atom is 0.165 e. The highest BCUT2D eigenvalue weighted by molar-refractivity contribution is 5.83. The number of piperidine rings is 1. The maximum absolute atomic E-state index is 4.55. The van der Waals surface area contributed by atoms with Gasteiger partial charge in [-0.25, -0.2) is 15.0 Å². The molecule has 1 saturated heterocycles. The van der Waals surface area contributed by atoms with Crippen LogP contribution in [0.5, 0.6) is 0 Å². The number of rotatable bonds is 4. The molecule has 3 aromatic rings. The third-order valence-corrected chi connectivity index (χ3v) is 5.00. The van der Waals surface area contributed by atoms with Crippen LogP contribution < -0.4 is 4.90 Å². The number of imidazole rings is 1. The fourth-order valence-corrected chi connectivity index (χ4v) is 3.63. The number of aryl methyl sites for hydroxylation is 1. The van der Waals surface area contributed by atoms with Gasteiger partial charge in [-0.1, -0.05) is 30.3 Å². The van der Waals surface area contributed by atoms with Gasteiger partial charge in [0.15, 0.2) is 17.0 Å². The highest BCUT2D eigenvalue weighted by atomic mass is 15.2. The van der Waals surface area contributed by atoms with Gasteiger partial charge >= 0.3 is 0 Å². The summed E-state index contributed by atoms with van der Waals surface area (Å²) in [6.45, 7) is 5.08. The van der Waals surface area contributed by atoms with E-state index in [2.05, 4.69) is 61.7 Å². The van der Waals surface area contributed by atoms with Crippen LogP contribution in [0.4, 0.5) is 5.82 Å².